The van der Waals surface area contributed by atoms with E-state index >= 15 is 0 Å². The Kier molecular flexibility index (Phi) is 6.48. The third-order valence-corrected chi connectivity index (χ3v) is 5.51. The molecule has 2 unspecified atom stereocenters. The van der Waals surface area contributed by atoms with Crippen LogP contribution in [0.25, 0.3) is 0 Å². The molecule has 2 N–H and O–H groups in total. The molecule has 0 aromatic carbocycles. The normalized spacial score (nSPS) is 21.6. The Bertz CT molecular complexity index is 439. The second-order valence-corrected chi connectivity index (χ2v) is 9.01. The molecule has 122 valence electrons. The number of hydrogen-bond acceptors (Lipinski definition) is 3. The molecule has 1 aliphatic rings. The van der Waals surface area contributed by atoms with Crippen molar-refractivity contribution in [3.05, 3.63) is 11.4 Å². The third kappa shape index (κ3) is 6.66. The molecule has 0 heterocycles. The first-order valence-electron chi connectivity index (χ1n) is 7.66. The number of nitrogens with one attached hydrogen (secondary N) is 1. The van der Waals surface area contributed by atoms with Crippen LogP contribution in [0.4, 0.5) is 4.79 Å². The fraction of sp³-hybridized carbons (Fsp3) is 0.800. The van der Waals surface area contributed by atoms with Crippen LogP contribution in [0.1, 0.15) is 59.8 Å². The SMILES string of the molecule is CCCCCP(=O)(O)C1=CC(NC(=O)OC(C)(C)C)CC1. The largest absolute Gasteiger partial charge is 0.444 e. The maximum Gasteiger partial charge on any atom is 0.408 e. The molecule has 1 aliphatic carbocycles. The summed E-state index contributed by atoms with van der Waals surface area (Å²) in [7, 11) is -3.22. The number of unbranched alkanes of at least 4 members (excludes halogenated alkanes) is 2. The van der Waals surface area contributed by atoms with Crippen LogP contribution >= 0.6 is 7.37 Å². The minimum atomic E-state index is -3.22. The Labute approximate surface area is 127 Å². The van der Waals surface area contributed by atoms with Gasteiger partial charge in [0.05, 0.1) is 6.04 Å². The van der Waals surface area contributed by atoms with Crippen molar-refractivity contribution >= 4 is 13.5 Å². The molecular weight excluding hydrogens is 289 g/mol. The standard InChI is InChI=1S/C15H28NO4P/c1-5-6-7-10-21(18,19)13-9-8-12(11-13)16-14(17)20-15(2,3)4/h11-12H,5-10H2,1-4H3,(H,16,17)(H,18,19). The first kappa shape index (κ1) is 18.2. The first-order chi connectivity index (χ1) is 9.64. The molecule has 5 nitrogen and oxygen atoms in total. The number of amides is 1. The monoisotopic (exact) mass is 317 g/mol. The number of allylic oxidation sites excluding steroid dienone is 1. The van der Waals surface area contributed by atoms with Gasteiger partial charge in [-0.3, -0.25) is 4.57 Å². The van der Waals surface area contributed by atoms with E-state index < -0.39 is 19.1 Å². The summed E-state index contributed by atoms with van der Waals surface area (Å²) in [6.07, 6.45) is 5.59. The van der Waals surface area contributed by atoms with Crippen LogP contribution in [0.2, 0.25) is 0 Å². The second kappa shape index (κ2) is 7.46. The number of carbonyl (C=O) groups is 1. The van der Waals surface area contributed by atoms with E-state index in [2.05, 4.69) is 12.2 Å². The molecule has 0 saturated heterocycles. The van der Waals surface area contributed by atoms with Crippen LogP contribution in [-0.4, -0.2) is 28.8 Å². The van der Waals surface area contributed by atoms with Gasteiger partial charge in [0.15, 0.2) is 0 Å². The minimum absolute atomic E-state index is 0.207. The average Bonchev–Trinajstić information content (AvgIpc) is 2.75. The average molecular weight is 317 g/mol. The van der Waals surface area contributed by atoms with Crippen LogP contribution in [-0.2, 0) is 9.30 Å². The maximum absolute atomic E-state index is 12.3. The molecule has 21 heavy (non-hydrogen) atoms. The number of hydrogen-bond donors (Lipinski definition) is 2. The quantitative estimate of drug-likeness (QED) is 0.573. The summed E-state index contributed by atoms with van der Waals surface area (Å²) < 4.78 is 17.5. The Hall–Kier alpha value is -0.800. The molecule has 6 heteroatoms. The van der Waals surface area contributed by atoms with Crippen LogP contribution in [0, 0.1) is 0 Å². The summed E-state index contributed by atoms with van der Waals surface area (Å²) in [5.41, 5.74) is -0.540. The van der Waals surface area contributed by atoms with Crippen LogP contribution in [0.15, 0.2) is 11.4 Å². The Balaban J connectivity index is 2.53. The molecule has 0 radical (unpaired) electrons. The number of carbonyl (C=O) groups excluding carboxylic acids is 1. The number of ether oxygens (including phenoxy) is 1. The van der Waals surface area contributed by atoms with Gasteiger partial charge in [-0.25, -0.2) is 4.79 Å². The van der Waals surface area contributed by atoms with Crippen molar-refractivity contribution in [2.45, 2.75) is 71.4 Å². The molecule has 0 bridgehead atoms. The molecular formula is C15H28NO4P. The summed E-state index contributed by atoms with van der Waals surface area (Å²) in [6, 6.07) is -0.207. The highest BCUT2D eigenvalue weighted by Crippen LogP contribution is 2.54. The molecule has 0 aromatic rings. The van der Waals surface area contributed by atoms with Crippen molar-refractivity contribution in [1.29, 1.82) is 0 Å². The molecule has 2 atom stereocenters. The van der Waals surface area contributed by atoms with Crippen LogP contribution < -0.4 is 5.32 Å². The van der Waals surface area contributed by atoms with E-state index in [9.17, 15) is 14.3 Å². The molecule has 0 aliphatic heterocycles. The predicted molar refractivity (Wildman–Crippen MR) is 84.7 cm³/mol. The molecule has 0 aromatic heterocycles. The highest BCUT2D eigenvalue weighted by Gasteiger charge is 2.30. The van der Waals surface area contributed by atoms with E-state index in [0.29, 0.717) is 24.3 Å². The van der Waals surface area contributed by atoms with Crippen molar-refractivity contribution in [3.8, 4) is 0 Å². The fourth-order valence-electron chi connectivity index (χ4n) is 2.29. The van der Waals surface area contributed by atoms with Gasteiger partial charge in [0, 0.05) is 11.5 Å². The first-order valence-corrected chi connectivity index (χ1v) is 9.51. The summed E-state index contributed by atoms with van der Waals surface area (Å²) in [5.74, 6) is 0. The fourth-order valence-corrected chi connectivity index (χ4v) is 4.12. The van der Waals surface area contributed by atoms with Crippen LogP contribution in [0.3, 0.4) is 0 Å². The Morgan fingerprint density at radius 1 is 1.48 bits per heavy atom. The van der Waals surface area contributed by atoms with E-state index in [1.54, 1.807) is 26.8 Å². The lowest BCUT2D eigenvalue weighted by Crippen LogP contribution is -2.37. The Morgan fingerprint density at radius 3 is 2.71 bits per heavy atom. The number of rotatable bonds is 6. The van der Waals surface area contributed by atoms with Gasteiger partial charge in [0.2, 0.25) is 7.37 Å². The van der Waals surface area contributed by atoms with E-state index in [1.807, 2.05) is 0 Å². The van der Waals surface area contributed by atoms with Gasteiger partial charge in [-0.15, -0.1) is 0 Å². The zero-order valence-corrected chi connectivity index (χ0v) is 14.4. The zero-order chi connectivity index (χ0) is 16.1. The smallest absolute Gasteiger partial charge is 0.408 e. The van der Waals surface area contributed by atoms with Crippen molar-refractivity contribution in [1.82, 2.24) is 5.32 Å². The van der Waals surface area contributed by atoms with Crippen molar-refractivity contribution in [2.24, 2.45) is 0 Å². The summed E-state index contributed by atoms with van der Waals surface area (Å²) >= 11 is 0. The van der Waals surface area contributed by atoms with Gasteiger partial charge in [0.1, 0.15) is 5.60 Å². The lowest BCUT2D eigenvalue weighted by Gasteiger charge is -2.21. The van der Waals surface area contributed by atoms with Crippen molar-refractivity contribution in [2.75, 3.05) is 6.16 Å². The molecule has 0 spiro atoms. The maximum atomic E-state index is 12.3. The van der Waals surface area contributed by atoms with E-state index in [0.717, 1.165) is 19.3 Å². The molecule has 0 saturated carbocycles. The van der Waals surface area contributed by atoms with Gasteiger partial charge in [-0.2, -0.15) is 0 Å². The van der Waals surface area contributed by atoms with Crippen molar-refractivity contribution < 1.29 is 19.0 Å². The number of alkyl carbamates (subject to hydrolysis) is 1. The third-order valence-electron chi connectivity index (χ3n) is 3.32. The van der Waals surface area contributed by atoms with E-state index in [1.165, 1.54) is 0 Å². The minimum Gasteiger partial charge on any atom is -0.444 e. The molecule has 1 rings (SSSR count). The lowest BCUT2D eigenvalue weighted by molar-refractivity contribution is 0.0514. The second-order valence-electron chi connectivity index (χ2n) is 6.58. The van der Waals surface area contributed by atoms with Crippen LogP contribution in [0.5, 0.6) is 0 Å². The summed E-state index contributed by atoms with van der Waals surface area (Å²) in [4.78, 5) is 21.8. The van der Waals surface area contributed by atoms with E-state index in [4.69, 9.17) is 4.74 Å². The molecule has 0 fully saturated rings. The van der Waals surface area contributed by atoms with Gasteiger partial charge in [-0.05, 0) is 40.0 Å². The van der Waals surface area contributed by atoms with Crippen molar-refractivity contribution in [3.63, 3.8) is 0 Å². The summed E-state index contributed by atoms with van der Waals surface area (Å²) in [5, 5.41) is 3.33. The predicted octanol–water partition coefficient (Wildman–Crippen LogP) is 4.02. The highest BCUT2D eigenvalue weighted by atomic mass is 31.2. The topological polar surface area (TPSA) is 75.6 Å². The molecule has 1 amide bonds. The highest BCUT2D eigenvalue weighted by molar-refractivity contribution is 7.62. The van der Waals surface area contributed by atoms with Gasteiger partial charge in [-0.1, -0.05) is 25.8 Å². The summed E-state index contributed by atoms with van der Waals surface area (Å²) in [6.45, 7) is 7.48. The lowest BCUT2D eigenvalue weighted by atomic mass is 10.2. The Morgan fingerprint density at radius 2 is 2.14 bits per heavy atom. The zero-order valence-electron chi connectivity index (χ0n) is 13.5. The van der Waals surface area contributed by atoms with Gasteiger partial charge < -0.3 is 14.9 Å². The van der Waals surface area contributed by atoms with E-state index in [-0.39, 0.29) is 6.04 Å². The van der Waals surface area contributed by atoms with Gasteiger partial charge >= 0.3 is 6.09 Å². The van der Waals surface area contributed by atoms with Gasteiger partial charge in [0.25, 0.3) is 0 Å².